The Morgan fingerprint density at radius 3 is 2.58 bits per heavy atom. The lowest BCUT2D eigenvalue weighted by Gasteiger charge is -2.34. The summed E-state index contributed by atoms with van der Waals surface area (Å²) in [6.07, 6.45) is 1.02. The molecule has 1 aromatic rings. The molecule has 0 bridgehead atoms. The van der Waals surface area contributed by atoms with E-state index in [0.717, 1.165) is 12.1 Å². The number of carbonyl (C=O) groups is 1. The molecule has 0 aromatic heterocycles. The lowest BCUT2D eigenvalue weighted by Crippen LogP contribution is -2.39. The molecule has 1 saturated carbocycles. The number of aliphatic hydroxyl groups is 1. The van der Waals surface area contributed by atoms with Gasteiger partial charge in [0.1, 0.15) is 0 Å². The van der Waals surface area contributed by atoms with Crippen LogP contribution in [0.15, 0.2) is 12.1 Å². The van der Waals surface area contributed by atoms with Crippen LogP contribution in [0.25, 0.3) is 0 Å². The van der Waals surface area contributed by atoms with Gasteiger partial charge in [-0.25, -0.2) is 8.78 Å². The first-order chi connectivity index (χ1) is 8.88. The third-order valence-corrected chi connectivity index (χ3v) is 3.64. The maximum Gasteiger partial charge on any atom is 0.255 e. The summed E-state index contributed by atoms with van der Waals surface area (Å²) in [6.45, 7) is 0.464. The smallest absolute Gasteiger partial charge is 0.255 e. The largest absolute Gasteiger partial charge is 0.393 e. The summed E-state index contributed by atoms with van der Waals surface area (Å²) in [5.74, 6) is -2.38. The number of amides is 1. The van der Waals surface area contributed by atoms with Crippen LogP contribution in [0.3, 0.4) is 0 Å². The fourth-order valence-electron chi connectivity index (χ4n) is 2.21. The Morgan fingerprint density at radius 2 is 2.00 bits per heavy atom. The maximum atomic E-state index is 13.1. The van der Waals surface area contributed by atoms with Gasteiger partial charge in [-0.3, -0.25) is 4.79 Å². The Balaban J connectivity index is 2.08. The van der Waals surface area contributed by atoms with Gasteiger partial charge in [-0.15, -0.1) is 0 Å². The van der Waals surface area contributed by atoms with Gasteiger partial charge in [-0.05, 0) is 30.9 Å². The van der Waals surface area contributed by atoms with E-state index in [1.165, 1.54) is 4.90 Å². The summed E-state index contributed by atoms with van der Waals surface area (Å²) in [5.41, 5.74) is -0.0528. The molecule has 0 aliphatic heterocycles. The summed E-state index contributed by atoms with van der Waals surface area (Å²) >= 11 is 5.75. The maximum absolute atomic E-state index is 13.1. The number of carbonyl (C=O) groups excluding carboxylic acids is 1. The van der Waals surface area contributed by atoms with Crippen LogP contribution in [-0.4, -0.2) is 35.6 Å². The lowest BCUT2D eigenvalue weighted by molar-refractivity contribution is 0.0265. The topological polar surface area (TPSA) is 40.5 Å². The zero-order valence-corrected chi connectivity index (χ0v) is 11.1. The first kappa shape index (κ1) is 14.2. The van der Waals surface area contributed by atoms with Crippen LogP contribution in [0.4, 0.5) is 8.78 Å². The van der Waals surface area contributed by atoms with Crippen molar-refractivity contribution in [3.63, 3.8) is 0 Å². The molecule has 1 amide bonds. The number of benzene rings is 1. The summed E-state index contributed by atoms with van der Waals surface area (Å²) < 4.78 is 26.1. The van der Waals surface area contributed by atoms with Crippen molar-refractivity contribution in [1.82, 2.24) is 4.90 Å². The SMILES string of the molecule is CN(CC1CC(O)C1)C(=O)c1cc(F)c(F)cc1Cl. The molecule has 0 radical (unpaired) electrons. The van der Waals surface area contributed by atoms with E-state index in [2.05, 4.69) is 0 Å². The minimum Gasteiger partial charge on any atom is -0.393 e. The Bertz CT molecular complexity index is 504. The number of halogens is 3. The van der Waals surface area contributed by atoms with E-state index in [0.29, 0.717) is 19.4 Å². The summed E-state index contributed by atoms with van der Waals surface area (Å²) in [7, 11) is 1.57. The van der Waals surface area contributed by atoms with Crippen LogP contribution in [0.5, 0.6) is 0 Å². The number of nitrogens with zero attached hydrogens (tertiary/aromatic N) is 1. The van der Waals surface area contributed by atoms with Gasteiger partial charge in [-0.1, -0.05) is 11.6 Å². The van der Waals surface area contributed by atoms with E-state index >= 15 is 0 Å². The number of hydrogen-bond donors (Lipinski definition) is 1. The molecule has 0 saturated heterocycles. The van der Waals surface area contributed by atoms with Gasteiger partial charge in [0.05, 0.1) is 16.7 Å². The summed E-state index contributed by atoms with van der Waals surface area (Å²) in [4.78, 5) is 13.5. The van der Waals surface area contributed by atoms with E-state index in [1.54, 1.807) is 7.05 Å². The zero-order valence-electron chi connectivity index (χ0n) is 10.4. The molecule has 0 heterocycles. The van der Waals surface area contributed by atoms with Gasteiger partial charge in [0, 0.05) is 13.6 Å². The predicted octanol–water partition coefficient (Wildman–Crippen LogP) is 2.46. The standard InChI is InChI=1S/C13H14ClF2NO2/c1-17(6-7-2-8(18)3-7)13(19)9-4-11(15)12(16)5-10(9)14/h4-5,7-8,18H,2-3,6H2,1H3. The second kappa shape index (κ2) is 5.43. The van der Waals surface area contributed by atoms with Crippen molar-refractivity contribution in [3.8, 4) is 0 Å². The Morgan fingerprint density at radius 1 is 1.42 bits per heavy atom. The lowest BCUT2D eigenvalue weighted by atomic mass is 9.82. The van der Waals surface area contributed by atoms with Gasteiger partial charge < -0.3 is 10.0 Å². The monoisotopic (exact) mass is 289 g/mol. The minimum absolute atomic E-state index is 0.0528. The molecule has 1 aromatic carbocycles. The first-order valence-corrected chi connectivity index (χ1v) is 6.34. The van der Waals surface area contributed by atoms with Crippen molar-refractivity contribution in [2.24, 2.45) is 5.92 Å². The Hall–Kier alpha value is -1.20. The van der Waals surface area contributed by atoms with Crippen LogP contribution in [0, 0.1) is 17.6 Å². The highest BCUT2D eigenvalue weighted by molar-refractivity contribution is 6.33. The first-order valence-electron chi connectivity index (χ1n) is 5.96. The highest BCUT2D eigenvalue weighted by Crippen LogP contribution is 2.28. The molecule has 6 heteroatoms. The van der Waals surface area contributed by atoms with E-state index in [9.17, 15) is 18.7 Å². The molecule has 0 spiro atoms. The quantitative estimate of drug-likeness (QED) is 0.869. The molecule has 1 fully saturated rings. The molecule has 1 N–H and O–H groups in total. The fourth-order valence-corrected chi connectivity index (χ4v) is 2.44. The summed E-state index contributed by atoms with van der Waals surface area (Å²) in [6, 6.07) is 1.61. The molecule has 2 rings (SSSR count). The van der Waals surface area contributed by atoms with E-state index < -0.39 is 17.5 Å². The van der Waals surface area contributed by atoms with Gasteiger partial charge in [0.15, 0.2) is 11.6 Å². The molecular formula is C13H14ClF2NO2. The number of aliphatic hydroxyl groups excluding tert-OH is 1. The van der Waals surface area contributed by atoms with Crippen LogP contribution in [-0.2, 0) is 0 Å². The highest BCUT2D eigenvalue weighted by atomic mass is 35.5. The summed E-state index contributed by atoms with van der Waals surface area (Å²) in [5, 5.41) is 9.08. The number of hydrogen-bond acceptors (Lipinski definition) is 2. The van der Waals surface area contributed by atoms with Gasteiger partial charge in [0.25, 0.3) is 5.91 Å². The van der Waals surface area contributed by atoms with Gasteiger partial charge in [-0.2, -0.15) is 0 Å². The van der Waals surface area contributed by atoms with Crippen LogP contribution in [0.1, 0.15) is 23.2 Å². The van der Waals surface area contributed by atoms with Crippen molar-refractivity contribution in [2.45, 2.75) is 18.9 Å². The van der Waals surface area contributed by atoms with Crippen molar-refractivity contribution < 1.29 is 18.7 Å². The van der Waals surface area contributed by atoms with Crippen molar-refractivity contribution in [3.05, 3.63) is 34.4 Å². The molecule has 0 atom stereocenters. The fraction of sp³-hybridized carbons (Fsp3) is 0.462. The van der Waals surface area contributed by atoms with E-state index in [4.69, 9.17) is 11.6 Å². The second-order valence-corrected chi connectivity index (χ2v) is 5.33. The third-order valence-electron chi connectivity index (χ3n) is 3.33. The molecule has 3 nitrogen and oxygen atoms in total. The zero-order chi connectivity index (χ0) is 14.2. The van der Waals surface area contributed by atoms with Crippen molar-refractivity contribution >= 4 is 17.5 Å². The van der Waals surface area contributed by atoms with Crippen LogP contribution < -0.4 is 0 Å². The molecule has 1 aliphatic rings. The van der Waals surface area contributed by atoms with Crippen LogP contribution in [0.2, 0.25) is 5.02 Å². The minimum atomic E-state index is -1.10. The van der Waals surface area contributed by atoms with Crippen molar-refractivity contribution in [2.75, 3.05) is 13.6 Å². The highest BCUT2D eigenvalue weighted by Gasteiger charge is 2.29. The average Bonchev–Trinajstić information content (AvgIpc) is 2.31. The molecule has 0 unspecified atom stereocenters. The Labute approximate surface area is 114 Å². The normalized spacial score (nSPS) is 21.9. The Kier molecular flexibility index (Phi) is 4.06. The molecule has 1 aliphatic carbocycles. The average molecular weight is 290 g/mol. The van der Waals surface area contributed by atoms with E-state index in [1.807, 2.05) is 0 Å². The third kappa shape index (κ3) is 3.04. The van der Waals surface area contributed by atoms with Crippen molar-refractivity contribution in [1.29, 1.82) is 0 Å². The molecule has 104 valence electrons. The number of rotatable bonds is 3. The van der Waals surface area contributed by atoms with Gasteiger partial charge >= 0.3 is 0 Å². The predicted molar refractivity (Wildman–Crippen MR) is 67.1 cm³/mol. The van der Waals surface area contributed by atoms with E-state index in [-0.39, 0.29) is 22.6 Å². The molecule has 19 heavy (non-hydrogen) atoms. The second-order valence-electron chi connectivity index (χ2n) is 4.92. The van der Waals surface area contributed by atoms with Gasteiger partial charge in [0.2, 0.25) is 0 Å². The molecular weight excluding hydrogens is 276 g/mol. The van der Waals surface area contributed by atoms with Crippen LogP contribution >= 0.6 is 11.6 Å².